The summed E-state index contributed by atoms with van der Waals surface area (Å²) in [5.74, 6) is 1.28. The number of rotatable bonds is 8. The number of hydrogen-bond donors (Lipinski definition) is 1. The second-order valence-electron chi connectivity index (χ2n) is 5.28. The van der Waals surface area contributed by atoms with Crippen LogP contribution in [-0.4, -0.2) is 23.1 Å². The van der Waals surface area contributed by atoms with Crippen molar-refractivity contribution in [2.75, 3.05) is 12.3 Å². The summed E-state index contributed by atoms with van der Waals surface area (Å²) in [7, 11) is 0. The highest BCUT2D eigenvalue weighted by Gasteiger charge is 2.04. The highest BCUT2D eigenvalue weighted by Crippen LogP contribution is 2.24. The third-order valence-corrected chi connectivity index (χ3v) is 5.08. The molecule has 0 bridgehead atoms. The van der Waals surface area contributed by atoms with Gasteiger partial charge >= 0.3 is 0 Å². The quantitative estimate of drug-likeness (QED) is 0.288. The molecule has 0 fully saturated rings. The third-order valence-electron chi connectivity index (χ3n) is 3.31. The number of thioether (sulfide) groups is 1. The van der Waals surface area contributed by atoms with Gasteiger partial charge in [-0.1, -0.05) is 41.4 Å². The number of halogens is 2. The monoisotopic (exact) mass is 410 g/mol. The fourth-order valence-corrected chi connectivity index (χ4v) is 3.17. The Morgan fingerprint density at radius 2 is 2.00 bits per heavy atom. The Balaban J connectivity index is 1.71. The van der Waals surface area contributed by atoms with Crippen molar-refractivity contribution < 1.29 is 9.72 Å². The van der Waals surface area contributed by atoms with Gasteiger partial charge in [-0.25, -0.2) is 0 Å². The second-order valence-corrected chi connectivity index (χ2v) is 7.20. The Morgan fingerprint density at radius 3 is 2.73 bits per heavy atom. The molecular weight excluding hydrogens is 395 g/mol. The lowest BCUT2D eigenvalue weighted by Crippen LogP contribution is -2.23. The Morgan fingerprint density at radius 1 is 1.19 bits per heavy atom. The van der Waals surface area contributed by atoms with Crippen molar-refractivity contribution in [2.45, 2.75) is 5.75 Å². The summed E-state index contributed by atoms with van der Waals surface area (Å²) in [6.45, 7) is 0.518. The van der Waals surface area contributed by atoms with E-state index in [1.165, 1.54) is 18.2 Å². The minimum Gasteiger partial charge on any atom is -0.352 e. The lowest BCUT2D eigenvalue weighted by atomic mass is 10.2. The zero-order chi connectivity index (χ0) is 18.9. The average molecular weight is 411 g/mol. The van der Waals surface area contributed by atoms with Gasteiger partial charge in [0, 0.05) is 36.3 Å². The van der Waals surface area contributed by atoms with Crippen molar-refractivity contribution in [3.8, 4) is 0 Å². The number of nitro groups is 1. The summed E-state index contributed by atoms with van der Waals surface area (Å²) in [4.78, 5) is 22.0. The molecule has 5 nitrogen and oxygen atoms in total. The van der Waals surface area contributed by atoms with Gasteiger partial charge in [-0.05, 0) is 29.3 Å². The first-order chi connectivity index (χ1) is 12.5. The van der Waals surface area contributed by atoms with Gasteiger partial charge in [0.15, 0.2) is 0 Å². The van der Waals surface area contributed by atoms with Crippen molar-refractivity contribution in [1.82, 2.24) is 5.32 Å². The van der Waals surface area contributed by atoms with E-state index in [4.69, 9.17) is 23.2 Å². The molecule has 1 amide bonds. The van der Waals surface area contributed by atoms with Gasteiger partial charge in [-0.2, -0.15) is 11.8 Å². The molecule has 136 valence electrons. The minimum atomic E-state index is -0.470. The van der Waals surface area contributed by atoms with Gasteiger partial charge in [0.05, 0.1) is 15.0 Å². The van der Waals surface area contributed by atoms with Crippen LogP contribution in [0.3, 0.4) is 0 Å². The molecule has 1 N–H and O–H groups in total. The van der Waals surface area contributed by atoms with Crippen LogP contribution in [0.15, 0.2) is 48.5 Å². The summed E-state index contributed by atoms with van der Waals surface area (Å²) in [5, 5.41) is 14.5. The predicted molar refractivity (Wildman–Crippen MR) is 108 cm³/mol. The van der Waals surface area contributed by atoms with Crippen molar-refractivity contribution in [1.29, 1.82) is 0 Å². The number of carbonyl (C=O) groups excluding carboxylic acids is 1. The summed E-state index contributed by atoms with van der Waals surface area (Å²) in [6, 6.07) is 11.6. The van der Waals surface area contributed by atoms with Gasteiger partial charge in [0.25, 0.3) is 5.69 Å². The maximum absolute atomic E-state index is 11.8. The molecule has 0 aromatic heterocycles. The van der Waals surface area contributed by atoms with Crippen LogP contribution in [0, 0.1) is 10.1 Å². The summed E-state index contributed by atoms with van der Waals surface area (Å²) >= 11 is 13.5. The highest BCUT2D eigenvalue weighted by atomic mass is 35.5. The Hall–Kier alpha value is -2.02. The van der Waals surface area contributed by atoms with Crippen molar-refractivity contribution in [3.63, 3.8) is 0 Å². The fraction of sp³-hybridized carbons (Fsp3) is 0.167. The first-order valence-corrected chi connectivity index (χ1v) is 9.59. The molecule has 0 saturated carbocycles. The predicted octanol–water partition coefficient (Wildman–Crippen LogP) is 4.96. The maximum atomic E-state index is 11.8. The number of nitrogens with zero attached hydrogens (tertiary/aromatic N) is 1. The molecule has 0 spiro atoms. The van der Waals surface area contributed by atoms with E-state index in [1.54, 1.807) is 36.0 Å². The standard InChI is InChI=1S/C18H16Cl2N2O3S/c19-16-6-4-14(11-17(16)20)12-26-9-8-21-18(23)7-5-13-2-1-3-15(10-13)22(24)25/h1-7,10-11H,8-9,12H2,(H,21,23). The number of carbonyl (C=O) groups is 1. The molecule has 2 rings (SSSR count). The lowest BCUT2D eigenvalue weighted by molar-refractivity contribution is -0.384. The van der Waals surface area contributed by atoms with Gasteiger partial charge < -0.3 is 5.32 Å². The molecular formula is C18H16Cl2N2O3S. The van der Waals surface area contributed by atoms with Gasteiger partial charge in [0.2, 0.25) is 5.91 Å². The van der Waals surface area contributed by atoms with Gasteiger partial charge in [-0.3, -0.25) is 14.9 Å². The molecule has 0 aliphatic rings. The first kappa shape index (κ1) is 20.3. The first-order valence-electron chi connectivity index (χ1n) is 7.68. The number of non-ortho nitro benzene ring substituents is 1. The molecule has 0 unspecified atom stereocenters. The zero-order valence-corrected chi connectivity index (χ0v) is 16.0. The van der Waals surface area contributed by atoms with Crippen LogP contribution in [0.4, 0.5) is 5.69 Å². The summed E-state index contributed by atoms with van der Waals surface area (Å²) in [5.41, 5.74) is 1.66. The van der Waals surface area contributed by atoms with Gasteiger partial charge in [-0.15, -0.1) is 0 Å². The Bertz CT molecular complexity index is 828. The molecule has 2 aromatic rings. The van der Waals surface area contributed by atoms with E-state index in [0.717, 1.165) is 17.1 Å². The second kappa shape index (κ2) is 10.2. The molecule has 0 aliphatic heterocycles. The van der Waals surface area contributed by atoms with Crippen LogP contribution >= 0.6 is 35.0 Å². The largest absolute Gasteiger partial charge is 0.352 e. The normalized spacial score (nSPS) is 10.8. The van der Waals surface area contributed by atoms with Crippen LogP contribution in [0.25, 0.3) is 6.08 Å². The Labute approximate surface area is 165 Å². The number of hydrogen-bond acceptors (Lipinski definition) is 4. The summed E-state index contributed by atoms with van der Waals surface area (Å²) in [6.07, 6.45) is 2.91. The third kappa shape index (κ3) is 6.71. The number of nitrogens with one attached hydrogen (secondary N) is 1. The van der Waals surface area contributed by atoms with E-state index in [2.05, 4.69) is 5.32 Å². The van der Waals surface area contributed by atoms with E-state index < -0.39 is 4.92 Å². The molecule has 0 atom stereocenters. The van der Waals surface area contributed by atoms with Crippen LogP contribution in [-0.2, 0) is 10.5 Å². The van der Waals surface area contributed by atoms with Crippen LogP contribution in [0.1, 0.15) is 11.1 Å². The zero-order valence-electron chi connectivity index (χ0n) is 13.7. The van der Waals surface area contributed by atoms with Gasteiger partial charge in [0.1, 0.15) is 0 Å². The highest BCUT2D eigenvalue weighted by molar-refractivity contribution is 7.98. The lowest BCUT2D eigenvalue weighted by Gasteiger charge is -2.04. The summed E-state index contributed by atoms with van der Waals surface area (Å²) < 4.78 is 0. The van der Waals surface area contributed by atoms with Crippen LogP contribution in [0.2, 0.25) is 10.0 Å². The van der Waals surface area contributed by atoms with E-state index in [0.29, 0.717) is 22.2 Å². The number of nitro benzene ring substituents is 1. The topological polar surface area (TPSA) is 72.2 Å². The minimum absolute atomic E-state index is 0.00809. The fourth-order valence-electron chi connectivity index (χ4n) is 2.04. The maximum Gasteiger partial charge on any atom is 0.270 e. The van der Waals surface area contributed by atoms with Crippen molar-refractivity contribution >= 4 is 52.6 Å². The molecule has 8 heteroatoms. The number of benzene rings is 2. The molecule has 0 saturated heterocycles. The Kier molecular flexibility index (Phi) is 7.97. The molecule has 2 aromatic carbocycles. The molecule has 26 heavy (non-hydrogen) atoms. The van der Waals surface area contributed by atoms with E-state index >= 15 is 0 Å². The molecule has 0 aliphatic carbocycles. The van der Waals surface area contributed by atoms with E-state index in [1.807, 2.05) is 12.1 Å². The number of amides is 1. The van der Waals surface area contributed by atoms with Crippen molar-refractivity contribution in [3.05, 3.63) is 79.8 Å². The van der Waals surface area contributed by atoms with Crippen LogP contribution < -0.4 is 5.32 Å². The average Bonchev–Trinajstić information content (AvgIpc) is 2.63. The molecule has 0 radical (unpaired) electrons. The van der Waals surface area contributed by atoms with E-state index in [-0.39, 0.29) is 11.6 Å². The SMILES string of the molecule is O=C(C=Cc1cccc([N+](=O)[O-])c1)NCCSCc1ccc(Cl)c(Cl)c1. The smallest absolute Gasteiger partial charge is 0.270 e. The van der Waals surface area contributed by atoms with E-state index in [9.17, 15) is 14.9 Å². The van der Waals surface area contributed by atoms with Crippen molar-refractivity contribution in [2.24, 2.45) is 0 Å². The van der Waals surface area contributed by atoms with Crippen LogP contribution in [0.5, 0.6) is 0 Å². The molecule has 0 heterocycles.